The lowest BCUT2D eigenvalue weighted by atomic mass is 9.75. The van der Waals surface area contributed by atoms with Crippen LogP contribution in [0.15, 0.2) is 27.1 Å². The molecular formula is C14H19Br2N. The Kier molecular flexibility index (Phi) is 4.67. The minimum atomic E-state index is 0.695. The fourth-order valence-electron chi connectivity index (χ4n) is 2.74. The molecule has 1 nitrogen and oxygen atoms in total. The van der Waals surface area contributed by atoms with Gasteiger partial charge >= 0.3 is 0 Å². The minimum Gasteiger partial charge on any atom is -0.316 e. The number of hydrogen-bond donors (Lipinski definition) is 1. The van der Waals surface area contributed by atoms with Gasteiger partial charge in [-0.25, -0.2) is 0 Å². The van der Waals surface area contributed by atoms with Crippen molar-refractivity contribution in [2.45, 2.75) is 26.2 Å². The molecule has 1 aromatic carbocycles. The fraction of sp³-hybridized carbons (Fsp3) is 0.571. The Morgan fingerprint density at radius 2 is 2.00 bits per heavy atom. The maximum absolute atomic E-state index is 3.61. The molecule has 1 aliphatic heterocycles. The summed E-state index contributed by atoms with van der Waals surface area (Å²) in [4.78, 5) is 0. The van der Waals surface area contributed by atoms with Crippen LogP contribution in [0, 0.1) is 11.8 Å². The van der Waals surface area contributed by atoms with E-state index < -0.39 is 0 Å². The van der Waals surface area contributed by atoms with E-state index in [1.54, 1.807) is 0 Å². The first-order chi connectivity index (χ1) is 8.09. The average molecular weight is 361 g/mol. The zero-order chi connectivity index (χ0) is 12.4. The third kappa shape index (κ3) is 3.12. The molecule has 0 spiro atoms. The Morgan fingerprint density at radius 1 is 1.24 bits per heavy atom. The van der Waals surface area contributed by atoms with E-state index in [0.29, 0.717) is 5.92 Å². The van der Waals surface area contributed by atoms with Crippen LogP contribution in [0.1, 0.15) is 31.7 Å². The molecule has 2 unspecified atom stereocenters. The summed E-state index contributed by atoms with van der Waals surface area (Å²) >= 11 is 7.15. The predicted octanol–water partition coefficient (Wildman–Crippen LogP) is 4.56. The summed E-state index contributed by atoms with van der Waals surface area (Å²) in [7, 11) is 0. The monoisotopic (exact) mass is 359 g/mol. The molecule has 1 N–H and O–H groups in total. The van der Waals surface area contributed by atoms with Gasteiger partial charge in [-0.15, -0.1) is 0 Å². The molecule has 0 amide bonds. The van der Waals surface area contributed by atoms with Gasteiger partial charge in [-0.2, -0.15) is 0 Å². The van der Waals surface area contributed by atoms with E-state index in [1.165, 1.54) is 12.0 Å². The van der Waals surface area contributed by atoms with Gasteiger partial charge in [0.2, 0.25) is 0 Å². The molecule has 0 aromatic heterocycles. The molecule has 1 aromatic rings. The molecule has 17 heavy (non-hydrogen) atoms. The average Bonchev–Trinajstić information content (AvgIpc) is 2.32. The van der Waals surface area contributed by atoms with E-state index >= 15 is 0 Å². The SMILES string of the molecule is CC(C)C1CNCCC1c1ccc(Br)c(Br)c1. The fourth-order valence-corrected chi connectivity index (χ4v) is 3.38. The molecule has 0 saturated carbocycles. The quantitative estimate of drug-likeness (QED) is 0.815. The number of piperidine rings is 1. The molecule has 1 aliphatic rings. The lowest BCUT2D eigenvalue weighted by molar-refractivity contribution is 0.255. The highest BCUT2D eigenvalue weighted by Gasteiger charge is 2.28. The number of hydrogen-bond acceptors (Lipinski definition) is 1. The van der Waals surface area contributed by atoms with Crippen LogP contribution < -0.4 is 5.32 Å². The van der Waals surface area contributed by atoms with Gasteiger partial charge in [0.05, 0.1) is 0 Å². The third-order valence-corrected chi connectivity index (χ3v) is 5.64. The van der Waals surface area contributed by atoms with Gasteiger partial charge in [0, 0.05) is 8.95 Å². The molecule has 0 bridgehead atoms. The van der Waals surface area contributed by atoms with Crippen molar-refractivity contribution in [1.29, 1.82) is 0 Å². The first-order valence-corrected chi connectivity index (χ1v) is 7.84. The van der Waals surface area contributed by atoms with Crippen molar-refractivity contribution in [3.63, 3.8) is 0 Å². The molecule has 2 atom stereocenters. The predicted molar refractivity (Wildman–Crippen MR) is 80.4 cm³/mol. The highest BCUT2D eigenvalue weighted by Crippen LogP contribution is 2.37. The van der Waals surface area contributed by atoms with Crippen molar-refractivity contribution in [2.24, 2.45) is 11.8 Å². The van der Waals surface area contributed by atoms with E-state index in [1.807, 2.05) is 0 Å². The Balaban J connectivity index is 2.26. The molecular weight excluding hydrogens is 342 g/mol. The summed E-state index contributed by atoms with van der Waals surface area (Å²) in [6.07, 6.45) is 1.25. The van der Waals surface area contributed by atoms with Gasteiger partial charge in [-0.05, 0) is 86.8 Å². The lowest BCUT2D eigenvalue weighted by Crippen LogP contribution is -2.38. The van der Waals surface area contributed by atoms with Crippen molar-refractivity contribution in [3.8, 4) is 0 Å². The van der Waals surface area contributed by atoms with E-state index in [2.05, 4.69) is 69.2 Å². The molecule has 1 saturated heterocycles. The van der Waals surface area contributed by atoms with Crippen molar-refractivity contribution in [1.82, 2.24) is 5.32 Å². The summed E-state index contributed by atoms with van der Waals surface area (Å²) in [5.74, 6) is 2.17. The van der Waals surface area contributed by atoms with Gasteiger partial charge in [0.1, 0.15) is 0 Å². The zero-order valence-electron chi connectivity index (χ0n) is 10.3. The molecule has 1 heterocycles. The van der Waals surface area contributed by atoms with Crippen LogP contribution in [-0.4, -0.2) is 13.1 Å². The van der Waals surface area contributed by atoms with Crippen molar-refractivity contribution in [2.75, 3.05) is 13.1 Å². The summed E-state index contributed by atoms with van der Waals surface area (Å²) < 4.78 is 2.30. The lowest BCUT2D eigenvalue weighted by Gasteiger charge is -2.35. The van der Waals surface area contributed by atoms with Crippen molar-refractivity contribution >= 4 is 31.9 Å². The van der Waals surface area contributed by atoms with Gasteiger partial charge in [-0.1, -0.05) is 19.9 Å². The topological polar surface area (TPSA) is 12.0 Å². The van der Waals surface area contributed by atoms with Gasteiger partial charge < -0.3 is 5.32 Å². The van der Waals surface area contributed by atoms with Crippen LogP contribution >= 0.6 is 31.9 Å². The van der Waals surface area contributed by atoms with Crippen molar-refractivity contribution < 1.29 is 0 Å². The Hall–Kier alpha value is 0.140. The van der Waals surface area contributed by atoms with Crippen LogP contribution in [0.25, 0.3) is 0 Å². The number of nitrogens with one attached hydrogen (secondary N) is 1. The maximum atomic E-state index is 3.61. The second-order valence-electron chi connectivity index (χ2n) is 5.18. The molecule has 1 fully saturated rings. The second-order valence-corrected chi connectivity index (χ2v) is 6.89. The summed E-state index contributed by atoms with van der Waals surface area (Å²) in [6.45, 7) is 6.95. The van der Waals surface area contributed by atoms with Crippen LogP contribution in [0.4, 0.5) is 0 Å². The normalized spacial score (nSPS) is 25.2. The molecule has 0 aliphatic carbocycles. The summed E-state index contributed by atoms with van der Waals surface area (Å²) in [5, 5.41) is 3.52. The number of rotatable bonds is 2. The largest absolute Gasteiger partial charge is 0.316 e. The molecule has 2 rings (SSSR count). The van der Waals surface area contributed by atoms with Gasteiger partial charge in [-0.3, -0.25) is 0 Å². The highest BCUT2D eigenvalue weighted by molar-refractivity contribution is 9.13. The summed E-state index contributed by atoms with van der Waals surface area (Å²) in [6, 6.07) is 6.69. The highest BCUT2D eigenvalue weighted by atomic mass is 79.9. The Bertz CT molecular complexity index is 390. The second kappa shape index (κ2) is 5.85. The number of benzene rings is 1. The zero-order valence-corrected chi connectivity index (χ0v) is 13.5. The third-order valence-electron chi connectivity index (χ3n) is 3.76. The molecule has 0 radical (unpaired) electrons. The van der Waals surface area contributed by atoms with E-state index in [-0.39, 0.29) is 0 Å². The van der Waals surface area contributed by atoms with Gasteiger partial charge in [0.15, 0.2) is 0 Å². The Morgan fingerprint density at radius 3 is 2.65 bits per heavy atom. The van der Waals surface area contributed by atoms with Crippen LogP contribution in [0.5, 0.6) is 0 Å². The molecule has 94 valence electrons. The van der Waals surface area contributed by atoms with Crippen LogP contribution in [0.3, 0.4) is 0 Å². The van der Waals surface area contributed by atoms with E-state index in [4.69, 9.17) is 0 Å². The van der Waals surface area contributed by atoms with Crippen LogP contribution in [0.2, 0.25) is 0 Å². The standard InChI is InChI=1S/C14H19Br2N/c1-9(2)12-8-17-6-5-11(12)10-3-4-13(15)14(16)7-10/h3-4,7,9,11-12,17H,5-6,8H2,1-2H3. The molecule has 3 heteroatoms. The van der Waals surface area contributed by atoms with Crippen LogP contribution in [-0.2, 0) is 0 Å². The van der Waals surface area contributed by atoms with E-state index in [9.17, 15) is 0 Å². The first kappa shape index (κ1) is 13.6. The Labute approximate surface area is 121 Å². The van der Waals surface area contributed by atoms with Gasteiger partial charge in [0.25, 0.3) is 0 Å². The first-order valence-electron chi connectivity index (χ1n) is 6.25. The number of halogens is 2. The van der Waals surface area contributed by atoms with Crippen molar-refractivity contribution in [3.05, 3.63) is 32.7 Å². The van der Waals surface area contributed by atoms with E-state index in [0.717, 1.165) is 33.9 Å². The smallest absolute Gasteiger partial charge is 0.0320 e. The summed E-state index contributed by atoms with van der Waals surface area (Å²) in [5.41, 5.74) is 1.47. The minimum absolute atomic E-state index is 0.695. The maximum Gasteiger partial charge on any atom is 0.0320 e.